The van der Waals surface area contributed by atoms with Crippen LogP contribution in [0.1, 0.15) is 18.8 Å². The van der Waals surface area contributed by atoms with Crippen molar-refractivity contribution in [2.75, 3.05) is 25.2 Å². The van der Waals surface area contributed by atoms with Crippen molar-refractivity contribution in [2.24, 2.45) is 0 Å². The summed E-state index contributed by atoms with van der Waals surface area (Å²) in [6.07, 6.45) is 0. The number of fused-ring (bicyclic) bond motifs is 1. The summed E-state index contributed by atoms with van der Waals surface area (Å²) in [6, 6.07) is 12.7. The largest absolute Gasteiger partial charge is 0.331 e. The van der Waals surface area contributed by atoms with E-state index in [4.69, 9.17) is 11.6 Å². The number of aromatic amines is 2. The van der Waals surface area contributed by atoms with Gasteiger partial charge in [-0.05, 0) is 49.4 Å². The summed E-state index contributed by atoms with van der Waals surface area (Å²) in [5.41, 5.74) is 2.51. The first kappa shape index (κ1) is 22.1. The second kappa shape index (κ2) is 9.19. The van der Waals surface area contributed by atoms with E-state index in [1.54, 1.807) is 18.2 Å². The van der Waals surface area contributed by atoms with E-state index < -0.39 is 0 Å². The molecule has 0 saturated carbocycles. The molecule has 32 heavy (non-hydrogen) atoms. The summed E-state index contributed by atoms with van der Waals surface area (Å²) in [5.74, 6) is 0.763. The van der Waals surface area contributed by atoms with Gasteiger partial charge in [-0.25, -0.2) is 4.79 Å². The molecule has 0 radical (unpaired) electrons. The standard InChI is InChI=1S/C21H22ClN7O2S/c1-12(28(2)3)19-26-27-21(29(19)15-7-4-13(22)5-8-15)32-11-18(30)23-14-6-9-16-17(10-14)25-20(31)24-16/h4-10,12H,11H2,1-3H3,(H,23,30)(H2,24,25,31)/p+1/t12-/m1/s1. The Bertz CT molecular complexity index is 1310. The number of nitrogens with one attached hydrogen (secondary N) is 4. The van der Waals surface area contributed by atoms with Crippen LogP contribution >= 0.6 is 23.4 Å². The zero-order chi connectivity index (χ0) is 22.8. The predicted octanol–water partition coefficient (Wildman–Crippen LogP) is 2.03. The average molecular weight is 473 g/mol. The molecule has 1 amide bonds. The number of hydrogen-bond donors (Lipinski definition) is 4. The molecule has 166 valence electrons. The highest BCUT2D eigenvalue weighted by Crippen LogP contribution is 2.25. The lowest BCUT2D eigenvalue weighted by molar-refractivity contribution is -0.890. The van der Waals surface area contributed by atoms with Crippen LogP contribution in [0, 0.1) is 0 Å². The molecule has 0 aliphatic carbocycles. The lowest BCUT2D eigenvalue weighted by atomic mass is 10.2. The summed E-state index contributed by atoms with van der Waals surface area (Å²) in [5, 5.41) is 12.9. The molecule has 0 spiro atoms. The van der Waals surface area contributed by atoms with Crippen LogP contribution in [0.5, 0.6) is 0 Å². The van der Waals surface area contributed by atoms with Crippen LogP contribution in [0.2, 0.25) is 5.02 Å². The highest BCUT2D eigenvalue weighted by molar-refractivity contribution is 7.99. The van der Waals surface area contributed by atoms with E-state index in [1.165, 1.54) is 16.7 Å². The summed E-state index contributed by atoms with van der Waals surface area (Å²) in [6.45, 7) is 2.08. The van der Waals surface area contributed by atoms with Gasteiger partial charge in [0.2, 0.25) is 5.91 Å². The number of quaternary nitrogens is 1. The van der Waals surface area contributed by atoms with Gasteiger partial charge >= 0.3 is 5.69 Å². The zero-order valence-electron chi connectivity index (χ0n) is 17.8. The van der Waals surface area contributed by atoms with E-state index in [-0.39, 0.29) is 23.4 Å². The number of aromatic nitrogens is 5. The third-order valence-corrected chi connectivity index (χ3v) is 6.31. The maximum atomic E-state index is 12.6. The predicted molar refractivity (Wildman–Crippen MR) is 126 cm³/mol. The van der Waals surface area contributed by atoms with Gasteiger partial charge in [0.05, 0.1) is 30.9 Å². The van der Waals surface area contributed by atoms with E-state index in [1.807, 2.05) is 28.8 Å². The summed E-state index contributed by atoms with van der Waals surface area (Å²) in [7, 11) is 4.11. The number of nitrogens with zero attached hydrogens (tertiary/aromatic N) is 3. The molecule has 4 N–H and O–H groups in total. The van der Waals surface area contributed by atoms with Gasteiger partial charge in [0.1, 0.15) is 6.04 Å². The Balaban J connectivity index is 1.53. The van der Waals surface area contributed by atoms with Gasteiger partial charge in [0.15, 0.2) is 11.0 Å². The maximum absolute atomic E-state index is 12.6. The molecule has 11 heteroatoms. The number of halogens is 1. The maximum Gasteiger partial charge on any atom is 0.323 e. The van der Waals surface area contributed by atoms with Gasteiger partial charge in [0, 0.05) is 16.4 Å². The lowest BCUT2D eigenvalue weighted by Gasteiger charge is -2.18. The fraction of sp³-hybridized carbons (Fsp3) is 0.238. The first-order chi connectivity index (χ1) is 15.3. The van der Waals surface area contributed by atoms with E-state index >= 15 is 0 Å². The zero-order valence-corrected chi connectivity index (χ0v) is 19.3. The van der Waals surface area contributed by atoms with Gasteiger partial charge in [-0.1, -0.05) is 23.4 Å². The van der Waals surface area contributed by atoms with Crippen molar-refractivity contribution < 1.29 is 9.69 Å². The van der Waals surface area contributed by atoms with Crippen LogP contribution in [0.15, 0.2) is 52.4 Å². The minimum absolute atomic E-state index is 0.0941. The second-order valence-electron chi connectivity index (χ2n) is 7.63. The summed E-state index contributed by atoms with van der Waals surface area (Å²) < 4.78 is 1.96. The molecular weight excluding hydrogens is 450 g/mol. The van der Waals surface area contributed by atoms with E-state index in [2.05, 4.69) is 46.5 Å². The fourth-order valence-electron chi connectivity index (χ4n) is 3.18. The van der Waals surface area contributed by atoms with Crippen molar-refractivity contribution in [2.45, 2.75) is 18.1 Å². The van der Waals surface area contributed by atoms with Crippen molar-refractivity contribution in [1.29, 1.82) is 0 Å². The second-order valence-corrected chi connectivity index (χ2v) is 9.01. The topological polar surface area (TPSA) is 113 Å². The van der Waals surface area contributed by atoms with Crippen LogP contribution in [0.3, 0.4) is 0 Å². The number of carbonyl (C=O) groups is 1. The highest BCUT2D eigenvalue weighted by atomic mass is 35.5. The fourth-order valence-corrected chi connectivity index (χ4v) is 4.07. The number of carbonyl (C=O) groups excluding carboxylic acids is 1. The van der Waals surface area contributed by atoms with Crippen molar-refractivity contribution in [3.05, 3.63) is 63.8 Å². The van der Waals surface area contributed by atoms with E-state index in [0.717, 1.165) is 11.5 Å². The SMILES string of the molecule is C[C@H](c1nnc(SCC(=O)Nc2ccc3[nH]c(=O)[nH]c3c2)n1-c1ccc(Cl)cc1)[NH+](C)C. The first-order valence-corrected chi connectivity index (χ1v) is 11.3. The molecule has 4 aromatic rings. The van der Waals surface area contributed by atoms with Gasteiger partial charge in [-0.2, -0.15) is 0 Å². The first-order valence-electron chi connectivity index (χ1n) is 9.98. The van der Waals surface area contributed by atoms with Gasteiger partial charge in [-0.3, -0.25) is 9.36 Å². The lowest BCUT2D eigenvalue weighted by Crippen LogP contribution is -3.05. The number of hydrogen-bond acceptors (Lipinski definition) is 5. The molecule has 0 unspecified atom stereocenters. The normalized spacial score (nSPS) is 12.4. The Morgan fingerprint density at radius 3 is 2.59 bits per heavy atom. The molecule has 0 aliphatic heterocycles. The minimum atomic E-state index is -0.287. The number of imidazole rings is 1. The summed E-state index contributed by atoms with van der Waals surface area (Å²) in [4.78, 5) is 30.6. The number of benzene rings is 2. The Hall–Kier alpha value is -3.08. The highest BCUT2D eigenvalue weighted by Gasteiger charge is 2.24. The van der Waals surface area contributed by atoms with Crippen LogP contribution < -0.4 is 15.9 Å². The molecule has 2 aromatic heterocycles. The molecule has 1 atom stereocenters. The molecule has 0 saturated heterocycles. The number of thioether (sulfide) groups is 1. The van der Waals surface area contributed by atoms with Crippen LogP contribution in [-0.2, 0) is 4.79 Å². The third-order valence-electron chi connectivity index (χ3n) is 5.13. The molecule has 2 aromatic carbocycles. The number of rotatable bonds is 7. The molecular formula is C21H23ClN7O2S+. The van der Waals surface area contributed by atoms with Crippen molar-refractivity contribution in [1.82, 2.24) is 24.7 Å². The monoisotopic (exact) mass is 472 g/mol. The van der Waals surface area contributed by atoms with Crippen molar-refractivity contribution >= 4 is 46.0 Å². The number of amides is 1. The summed E-state index contributed by atoms with van der Waals surface area (Å²) >= 11 is 7.36. The average Bonchev–Trinajstić information content (AvgIpc) is 3.34. The Morgan fingerprint density at radius 2 is 1.88 bits per heavy atom. The molecule has 9 nitrogen and oxygen atoms in total. The Kier molecular flexibility index (Phi) is 6.35. The smallest absolute Gasteiger partial charge is 0.323 e. The Labute approximate surface area is 193 Å². The molecule has 0 fully saturated rings. The molecule has 2 heterocycles. The van der Waals surface area contributed by atoms with Crippen molar-refractivity contribution in [3.8, 4) is 5.69 Å². The van der Waals surface area contributed by atoms with Gasteiger partial charge in [-0.15, -0.1) is 10.2 Å². The van der Waals surface area contributed by atoms with Crippen LogP contribution in [-0.4, -0.2) is 50.5 Å². The van der Waals surface area contributed by atoms with Crippen molar-refractivity contribution in [3.63, 3.8) is 0 Å². The Morgan fingerprint density at radius 1 is 1.16 bits per heavy atom. The molecule has 4 rings (SSSR count). The van der Waals surface area contributed by atoms with Gasteiger partial charge < -0.3 is 20.2 Å². The van der Waals surface area contributed by atoms with Crippen LogP contribution in [0.25, 0.3) is 16.7 Å². The third kappa shape index (κ3) is 4.72. The molecule has 0 bridgehead atoms. The number of anilines is 1. The van der Waals surface area contributed by atoms with Gasteiger partial charge in [0.25, 0.3) is 0 Å². The van der Waals surface area contributed by atoms with E-state index in [0.29, 0.717) is 26.9 Å². The molecule has 0 aliphatic rings. The minimum Gasteiger partial charge on any atom is -0.331 e. The number of H-pyrrole nitrogens is 2. The van der Waals surface area contributed by atoms with Crippen LogP contribution in [0.4, 0.5) is 5.69 Å². The quantitative estimate of drug-likeness (QED) is 0.307. The van der Waals surface area contributed by atoms with E-state index in [9.17, 15) is 9.59 Å².